The Morgan fingerprint density at radius 2 is 1.60 bits per heavy atom. The lowest BCUT2D eigenvalue weighted by atomic mass is 9.79. The molecule has 0 aliphatic rings. The Morgan fingerprint density at radius 1 is 1.30 bits per heavy atom. The van der Waals surface area contributed by atoms with Crippen LogP contribution in [0.4, 0.5) is 4.39 Å². The fourth-order valence-corrected chi connectivity index (χ4v) is 0.254. The Morgan fingerprint density at radius 3 is 1.60 bits per heavy atom. The van der Waals surface area contributed by atoms with Gasteiger partial charge in [0.05, 0.1) is 5.41 Å². The van der Waals surface area contributed by atoms with Crippen molar-refractivity contribution in [3.8, 4) is 0 Å². The van der Waals surface area contributed by atoms with Gasteiger partial charge in [-0.3, -0.25) is 4.79 Å². The first-order valence-corrected chi connectivity index (χ1v) is 3.12. The number of aliphatic carboxylic acids is 1. The van der Waals surface area contributed by atoms with Gasteiger partial charge in [-0.25, -0.2) is 4.39 Å². The smallest absolute Gasteiger partial charge is 0.312 e. The molecule has 0 fully saturated rings. The van der Waals surface area contributed by atoms with Gasteiger partial charge in [0.25, 0.3) is 0 Å². The molecule has 10 heavy (non-hydrogen) atoms. The third kappa shape index (κ3) is 1.46. The largest absolute Gasteiger partial charge is 0.481 e. The molecule has 60 valence electrons. The number of carboxylic acids is 1. The molecule has 0 saturated heterocycles. The van der Waals surface area contributed by atoms with Crippen LogP contribution in [0.2, 0.25) is 0 Å². The second-order valence-corrected chi connectivity index (χ2v) is 3.40. The molecule has 0 rings (SSSR count). The highest BCUT2D eigenvalue weighted by Gasteiger charge is 2.43. The fourth-order valence-electron chi connectivity index (χ4n) is 0.254. The summed E-state index contributed by atoms with van der Waals surface area (Å²) in [6, 6.07) is 0. The van der Waals surface area contributed by atoms with Gasteiger partial charge in [0.15, 0.2) is 0 Å². The molecular formula is C7H13FO2. The second kappa shape index (κ2) is 2.22. The van der Waals surface area contributed by atoms with Gasteiger partial charge in [-0.05, 0) is 27.7 Å². The molecule has 0 aliphatic heterocycles. The van der Waals surface area contributed by atoms with Crippen molar-refractivity contribution in [3.05, 3.63) is 0 Å². The molecule has 0 radical (unpaired) electrons. The molecule has 0 aromatic carbocycles. The number of hydrogen-bond acceptors (Lipinski definition) is 1. The molecule has 0 bridgehead atoms. The quantitative estimate of drug-likeness (QED) is 0.648. The van der Waals surface area contributed by atoms with Crippen LogP contribution in [0.5, 0.6) is 0 Å². The first kappa shape index (κ1) is 9.40. The topological polar surface area (TPSA) is 37.3 Å². The number of halogens is 1. The molecular weight excluding hydrogens is 135 g/mol. The van der Waals surface area contributed by atoms with Gasteiger partial charge in [-0.1, -0.05) is 0 Å². The van der Waals surface area contributed by atoms with E-state index in [4.69, 9.17) is 5.11 Å². The van der Waals surface area contributed by atoms with Gasteiger partial charge in [0, 0.05) is 0 Å². The summed E-state index contributed by atoms with van der Waals surface area (Å²) in [5.41, 5.74) is -2.99. The van der Waals surface area contributed by atoms with E-state index in [1.165, 1.54) is 27.7 Å². The summed E-state index contributed by atoms with van der Waals surface area (Å²) in [5.74, 6) is -1.11. The van der Waals surface area contributed by atoms with Gasteiger partial charge in [-0.2, -0.15) is 0 Å². The average Bonchev–Trinajstić information content (AvgIpc) is 1.62. The normalized spacial score (nSPS) is 13.3. The molecule has 0 saturated carbocycles. The van der Waals surface area contributed by atoms with Crippen molar-refractivity contribution in [1.82, 2.24) is 0 Å². The highest BCUT2D eigenvalue weighted by molar-refractivity contribution is 5.75. The minimum Gasteiger partial charge on any atom is -0.481 e. The standard InChI is InChI=1S/C7H13FO2/c1-6(2,5(9)10)7(3,4)8/h1-4H3,(H,9,10). The van der Waals surface area contributed by atoms with Crippen LogP contribution in [0.25, 0.3) is 0 Å². The number of rotatable bonds is 2. The lowest BCUT2D eigenvalue weighted by molar-refractivity contribution is -0.154. The number of alkyl halides is 1. The molecule has 0 spiro atoms. The SMILES string of the molecule is CC(C)(F)C(C)(C)C(=O)O. The zero-order valence-corrected chi connectivity index (χ0v) is 6.73. The average molecular weight is 148 g/mol. The van der Waals surface area contributed by atoms with Crippen LogP contribution in [0, 0.1) is 5.41 Å². The monoisotopic (exact) mass is 148 g/mol. The zero-order valence-electron chi connectivity index (χ0n) is 6.73. The number of carbonyl (C=O) groups is 1. The maximum absolute atomic E-state index is 13.0. The van der Waals surface area contributed by atoms with Crippen LogP contribution in [0.15, 0.2) is 0 Å². The van der Waals surface area contributed by atoms with Crippen molar-refractivity contribution in [2.45, 2.75) is 33.4 Å². The molecule has 0 atom stereocenters. The summed E-state index contributed by atoms with van der Waals surface area (Å²) in [7, 11) is 0. The summed E-state index contributed by atoms with van der Waals surface area (Å²) in [6.07, 6.45) is 0. The molecule has 2 nitrogen and oxygen atoms in total. The van der Waals surface area contributed by atoms with E-state index in [1.54, 1.807) is 0 Å². The van der Waals surface area contributed by atoms with Gasteiger partial charge in [0.2, 0.25) is 0 Å². The van der Waals surface area contributed by atoms with Crippen molar-refractivity contribution in [1.29, 1.82) is 0 Å². The molecule has 0 amide bonds. The van der Waals surface area contributed by atoms with E-state index in [2.05, 4.69) is 0 Å². The summed E-state index contributed by atoms with van der Waals surface area (Å²) >= 11 is 0. The first-order valence-electron chi connectivity index (χ1n) is 3.12. The maximum Gasteiger partial charge on any atom is 0.312 e. The minimum absolute atomic E-state index is 1.11. The Hall–Kier alpha value is -0.600. The van der Waals surface area contributed by atoms with Gasteiger partial charge >= 0.3 is 5.97 Å². The van der Waals surface area contributed by atoms with E-state index in [0.29, 0.717) is 0 Å². The van der Waals surface area contributed by atoms with Crippen molar-refractivity contribution in [3.63, 3.8) is 0 Å². The maximum atomic E-state index is 13.0. The van der Waals surface area contributed by atoms with Crippen molar-refractivity contribution in [2.75, 3.05) is 0 Å². The van der Waals surface area contributed by atoms with Gasteiger partial charge in [-0.15, -0.1) is 0 Å². The fraction of sp³-hybridized carbons (Fsp3) is 0.857. The molecule has 1 N–H and O–H groups in total. The van der Waals surface area contributed by atoms with E-state index in [-0.39, 0.29) is 0 Å². The lowest BCUT2D eigenvalue weighted by Gasteiger charge is -2.30. The van der Waals surface area contributed by atoms with Crippen LogP contribution < -0.4 is 0 Å². The predicted molar refractivity (Wildman–Crippen MR) is 36.6 cm³/mol. The van der Waals surface area contributed by atoms with E-state index in [9.17, 15) is 9.18 Å². The summed E-state index contributed by atoms with van der Waals surface area (Å²) in [6.45, 7) is 5.27. The van der Waals surface area contributed by atoms with Crippen molar-refractivity contribution in [2.24, 2.45) is 5.41 Å². The summed E-state index contributed by atoms with van der Waals surface area (Å²) < 4.78 is 13.0. The Balaban J connectivity index is 4.57. The first-order chi connectivity index (χ1) is 4.19. The van der Waals surface area contributed by atoms with Crippen LogP contribution >= 0.6 is 0 Å². The Labute approximate surface area is 60.1 Å². The van der Waals surface area contributed by atoms with Gasteiger partial charge < -0.3 is 5.11 Å². The molecule has 3 heteroatoms. The van der Waals surface area contributed by atoms with E-state index in [1.807, 2.05) is 0 Å². The van der Waals surface area contributed by atoms with Crippen molar-refractivity contribution >= 4 is 5.97 Å². The summed E-state index contributed by atoms with van der Waals surface area (Å²) in [5, 5.41) is 8.54. The third-order valence-corrected chi connectivity index (χ3v) is 2.02. The van der Waals surface area contributed by atoms with E-state index < -0.39 is 17.1 Å². The van der Waals surface area contributed by atoms with Crippen LogP contribution in [-0.4, -0.2) is 16.7 Å². The molecule has 0 aliphatic carbocycles. The van der Waals surface area contributed by atoms with Gasteiger partial charge in [0.1, 0.15) is 5.67 Å². The Bertz CT molecular complexity index is 144. The van der Waals surface area contributed by atoms with Crippen LogP contribution in [0.1, 0.15) is 27.7 Å². The number of carboxylic acid groups (broad SMARTS) is 1. The Kier molecular flexibility index (Phi) is 2.09. The highest BCUT2D eigenvalue weighted by atomic mass is 19.1. The third-order valence-electron chi connectivity index (χ3n) is 2.02. The molecule has 0 heterocycles. The lowest BCUT2D eigenvalue weighted by Crippen LogP contribution is -2.41. The van der Waals surface area contributed by atoms with Crippen LogP contribution in [-0.2, 0) is 4.79 Å². The van der Waals surface area contributed by atoms with Crippen molar-refractivity contribution < 1.29 is 14.3 Å². The number of hydrogen-bond donors (Lipinski definition) is 1. The van der Waals surface area contributed by atoms with Crippen LogP contribution in [0.3, 0.4) is 0 Å². The summed E-state index contributed by atoms with van der Waals surface area (Å²) in [4.78, 5) is 10.4. The van der Waals surface area contributed by atoms with E-state index >= 15 is 0 Å². The minimum atomic E-state index is -1.68. The predicted octanol–water partition coefficient (Wildman–Crippen LogP) is 1.85. The second-order valence-electron chi connectivity index (χ2n) is 3.40. The highest BCUT2D eigenvalue weighted by Crippen LogP contribution is 2.33. The molecule has 0 aromatic rings. The molecule has 0 unspecified atom stereocenters. The molecule has 0 aromatic heterocycles. The van der Waals surface area contributed by atoms with E-state index in [0.717, 1.165) is 0 Å². The zero-order chi connectivity index (χ0) is 8.58.